The molecule has 5 nitrogen and oxygen atoms in total. The SMILES string of the molecule is CN1CCC(Cn2ccnc2-c2ccc(-c3ccccc3C#N)o2)C1. The molecular formula is C20H20N4O. The van der Waals surface area contributed by atoms with E-state index in [1.165, 1.54) is 6.42 Å². The molecule has 5 heteroatoms. The number of benzene rings is 1. The number of aromatic nitrogens is 2. The molecule has 1 saturated heterocycles. The van der Waals surface area contributed by atoms with E-state index < -0.39 is 0 Å². The minimum Gasteiger partial charge on any atom is -0.453 e. The van der Waals surface area contributed by atoms with E-state index in [1.807, 2.05) is 42.7 Å². The van der Waals surface area contributed by atoms with E-state index >= 15 is 0 Å². The minimum absolute atomic E-state index is 0.612. The van der Waals surface area contributed by atoms with Crippen LogP contribution in [0.25, 0.3) is 22.9 Å². The second kappa shape index (κ2) is 6.58. The maximum Gasteiger partial charge on any atom is 0.176 e. The van der Waals surface area contributed by atoms with Crippen LogP contribution in [-0.2, 0) is 6.54 Å². The first-order chi connectivity index (χ1) is 12.2. The molecule has 3 heterocycles. The first-order valence-corrected chi connectivity index (χ1v) is 8.54. The minimum atomic E-state index is 0.612. The Morgan fingerprint density at radius 1 is 1.24 bits per heavy atom. The molecule has 2 aromatic heterocycles. The van der Waals surface area contributed by atoms with Crippen LogP contribution in [0.15, 0.2) is 53.2 Å². The van der Waals surface area contributed by atoms with Crippen LogP contribution in [0.2, 0.25) is 0 Å². The van der Waals surface area contributed by atoms with Gasteiger partial charge in [0.15, 0.2) is 11.6 Å². The van der Waals surface area contributed by atoms with Gasteiger partial charge in [-0.25, -0.2) is 4.98 Å². The van der Waals surface area contributed by atoms with E-state index in [0.29, 0.717) is 17.2 Å². The van der Waals surface area contributed by atoms with Crippen LogP contribution in [0, 0.1) is 17.2 Å². The summed E-state index contributed by atoms with van der Waals surface area (Å²) in [6, 6.07) is 13.5. The Labute approximate surface area is 147 Å². The summed E-state index contributed by atoms with van der Waals surface area (Å²) in [5.41, 5.74) is 1.42. The zero-order valence-electron chi connectivity index (χ0n) is 14.2. The normalized spacial score (nSPS) is 17.7. The van der Waals surface area contributed by atoms with E-state index in [0.717, 1.165) is 36.8 Å². The van der Waals surface area contributed by atoms with Crippen LogP contribution in [0.5, 0.6) is 0 Å². The predicted molar refractivity (Wildman–Crippen MR) is 95.7 cm³/mol. The monoisotopic (exact) mass is 332 g/mol. The summed E-state index contributed by atoms with van der Waals surface area (Å²) >= 11 is 0. The third kappa shape index (κ3) is 3.09. The summed E-state index contributed by atoms with van der Waals surface area (Å²) in [5.74, 6) is 2.92. The standard InChI is InChI=1S/C20H20N4O/c1-23-10-8-15(13-23)14-24-11-9-22-20(24)19-7-6-18(25-19)17-5-3-2-4-16(17)12-21/h2-7,9,11,15H,8,10,13-14H2,1H3. The molecule has 1 aliphatic heterocycles. The molecule has 1 unspecified atom stereocenters. The number of hydrogen-bond acceptors (Lipinski definition) is 4. The fourth-order valence-electron chi connectivity index (χ4n) is 3.53. The number of furan rings is 1. The summed E-state index contributed by atoms with van der Waals surface area (Å²) in [6.45, 7) is 3.23. The molecule has 0 bridgehead atoms. The molecule has 1 aromatic carbocycles. The number of hydrogen-bond donors (Lipinski definition) is 0. The Kier molecular flexibility index (Phi) is 4.12. The number of imidazole rings is 1. The van der Waals surface area contributed by atoms with Gasteiger partial charge in [0, 0.05) is 31.0 Å². The van der Waals surface area contributed by atoms with Crippen LogP contribution in [0.4, 0.5) is 0 Å². The second-order valence-electron chi connectivity index (χ2n) is 6.64. The van der Waals surface area contributed by atoms with Crippen molar-refractivity contribution in [1.29, 1.82) is 5.26 Å². The molecule has 0 saturated carbocycles. The highest BCUT2D eigenvalue weighted by Gasteiger charge is 2.21. The average Bonchev–Trinajstić information content (AvgIpc) is 3.36. The van der Waals surface area contributed by atoms with Crippen molar-refractivity contribution in [3.05, 3.63) is 54.4 Å². The lowest BCUT2D eigenvalue weighted by Crippen LogP contribution is -2.17. The van der Waals surface area contributed by atoms with E-state index in [2.05, 4.69) is 27.6 Å². The van der Waals surface area contributed by atoms with E-state index in [1.54, 1.807) is 6.07 Å². The Morgan fingerprint density at radius 3 is 2.88 bits per heavy atom. The third-order valence-corrected chi connectivity index (χ3v) is 4.80. The molecule has 126 valence electrons. The van der Waals surface area contributed by atoms with Crippen molar-refractivity contribution in [3.8, 4) is 29.0 Å². The van der Waals surface area contributed by atoms with Gasteiger partial charge in [-0.3, -0.25) is 0 Å². The van der Waals surface area contributed by atoms with Crippen molar-refractivity contribution in [2.75, 3.05) is 20.1 Å². The molecule has 1 aliphatic rings. The number of rotatable bonds is 4. The van der Waals surface area contributed by atoms with E-state index in [9.17, 15) is 5.26 Å². The smallest absolute Gasteiger partial charge is 0.176 e. The highest BCUT2D eigenvalue weighted by molar-refractivity contribution is 5.68. The van der Waals surface area contributed by atoms with Gasteiger partial charge in [-0.1, -0.05) is 12.1 Å². The summed E-state index contributed by atoms with van der Waals surface area (Å²) < 4.78 is 8.21. The lowest BCUT2D eigenvalue weighted by Gasteiger charge is -2.12. The van der Waals surface area contributed by atoms with Crippen molar-refractivity contribution in [3.63, 3.8) is 0 Å². The van der Waals surface area contributed by atoms with E-state index in [4.69, 9.17) is 4.42 Å². The highest BCUT2D eigenvalue weighted by atomic mass is 16.3. The van der Waals surface area contributed by atoms with Gasteiger partial charge in [0.25, 0.3) is 0 Å². The molecule has 4 rings (SSSR count). The Morgan fingerprint density at radius 2 is 2.08 bits per heavy atom. The first kappa shape index (κ1) is 15.7. The number of nitriles is 1. The van der Waals surface area contributed by atoms with Crippen LogP contribution in [-0.4, -0.2) is 34.6 Å². The maximum absolute atomic E-state index is 9.28. The van der Waals surface area contributed by atoms with Gasteiger partial charge in [-0.2, -0.15) is 5.26 Å². The lowest BCUT2D eigenvalue weighted by atomic mass is 10.1. The Bertz CT molecular complexity index is 918. The molecule has 0 aliphatic carbocycles. The summed E-state index contributed by atoms with van der Waals surface area (Å²) in [6.07, 6.45) is 5.05. The molecule has 0 radical (unpaired) electrons. The topological polar surface area (TPSA) is 58.0 Å². The molecule has 0 amide bonds. The second-order valence-corrected chi connectivity index (χ2v) is 6.64. The van der Waals surface area contributed by atoms with Crippen LogP contribution in [0.1, 0.15) is 12.0 Å². The van der Waals surface area contributed by atoms with Gasteiger partial charge in [0.2, 0.25) is 0 Å². The number of likely N-dealkylation sites (tertiary alicyclic amines) is 1. The van der Waals surface area contributed by atoms with Crippen molar-refractivity contribution in [2.24, 2.45) is 5.92 Å². The number of nitrogens with zero attached hydrogens (tertiary/aromatic N) is 4. The average molecular weight is 332 g/mol. The van der Waals surface area contributed by atoms with E-state index in [-0.39, 0.29) is 0 Å². The van der Waals surface area contributed by atoms with Gasteiger partial charge in [-0.05, 0) is 50.2 Å². The fourth-order valence-corrected chi connectivity index (χ4v) is 3.53. The molecule has 0 spiro atoms. The Hall–Kier alpha value is -2.84. The first-order valence-electron chi connectivity index (χ1n) is 8.54. The largest absolute Gasteiger partial charge is 0.453 e. The highest BCUT2D eigenvalue weighted by Crippen LogP contribution is 2.30. The van der Waals surface area contributed by atoms with Gasteiger partial charge in [-0.15, -0.1) is 0 Å². The van der Waals surface area contributed by atoms with Crippen molar-refractivity contribution >= 4 is 0 Å². The zero-order valence-corrected chi connectivity index (χ0v) is 14.2. The molecule has 25 heavy (non-hydrogen) atoms. The van der Waals surface area contributed by atoms with Crippen LogP contribution in [0.3, 0.4) is 0 Å². The summed E-state index contributed by atoms with van der Waals surface area (Å²) in [4.78, 5) is 6.85. The summed E-state index contributed by atoms with van der Waals surface area (Å²) in [5, 5.41) is 9.28. The lowest BCUT2D eigenvalue weighted by molar-refractivity contribution is 0.378. The van der Waals surface area contributed by atoms with Crippen LogP contribution >= 0.6 is 0 Å². The van der Waals surface area contributed by atoms with Crippen molar-refractivity contribution in [1.82, 2.24) is 14.5 Å². The summed E-state index contributed by atoms with van der Waals surface area (Å²) in [7, 11) is 2.17. The Balaban J connectivity index is 1.61. The third-order valence-electron chi connectivity index (χ3n) is 4.80. The van der Waals surface area contributed by atoms with Crippen molar-refractivity contribution < 1.29 is 4.42 Å². The van der Waals surface area contributed by atoms with Gasteiger partial charge < -0.3 is 13.9 Å². The van der Waals surface area contributed by atoms with Crippen LogP contribution < -0.4 is 0 Å². The van der Waals surface area contributed by atoms with Gasteiger partial charge in [0.05, 0.1) is 11.6 Å². The molecule has 0 N–H and O–H groups in total. The maximum atomic E-state index is 9.28. The molecule has 1 atom stereocenters. The molecular weight excluding hydrogens is 312 g/mol. The van der Waals surface area contributed by atoms with Gasteiger partial charge >= 0.3 is 0 Å². The molecule has 3 aromatic rings. The zero-order chi connectivity index (χ0) is 17.2. The van der Waals surface area contributed by atoms with Crippen molar-refractivity contribution in [2.45, 2.75) is 13.0 Å². The quantitative estimate of drug-likeness (QED) is 0.732. The molecule has 1 fully saturated rings. The fraction of sp³-hybridized carbons (Fsp3) is 0.300. The predicted octanol–water partition coefficient (Wildman–Crippen LogP) is 3.63. The van der Waals surface area contributed by atoms with Gasteiger partial charge in [0.1, 0.15) is 5.76 Å².